The summed E-state index contributed by atoms with van der Waals surface area (Å²) in [5.41, 5.74) is 0.839. The molecule has 8 nitrogen and oxygen atoms in total. The lowest BCUT2D eigenvalue weighted by Crippen LogP contribution is -2.19. The molecule has 0 amide bonds. The topological polar surface area (TPSA) is 128 Å². The van der Waals surface area contributed by atoms with Gasteiger partial charge in [0, 0.05) is 11.8 Å². The van der Waals surface area contributed by atoms with Crippen molar-refractivity contribution in [2.45, 2.75) is 25.8 Å². The van der Waals surface area contributed by atoms with Crippen molar-refractivity contribution in [2.24, 2.45) is 5.14 Å². The van der Waals surface area contributed by atoms with E-state index in [0.717, 1.165) is 4.68 Å². The molecule has 0 aliphatic carbocycles. The van der Waals surface area contributed by atoms with E-state index >= 15 is 0 Å². The van der Waals surface area contributed by atoms with E-state index in [1.807, 2.05) is 0 Å². The Morgan fingerprint density at radius 1 is 1.30 bits per heavy atom. The average Bonchev–Trinajstić information content (AvgIpc) is 2.64. The second kappa shape index (κ2) is 4.66. The molecule has 0 spiro atoms. The Hall–Kier alpha value is -2.31. The SMILES string of the molecule is Cc1cc(-n2nc(C)c(C#N)c2S(N)(=O)=O)nc(C)n1. The summed E-state index contributed by atoms with van der Waals surface area (Å²) in [4.78, 5) is 8.23. The normalized spacial score (nSPS) is 11.3. The molecule has 2 aromatic heterocycles. The number of aryl methyl sites for hydroxylation is 3. The van der Waals surface area contributed by atoms with Gasteiger partial charge >= 0.3 is 0 Å². The second-order valence-electron chi connectivity index (χ2n) is 4.25. The van der Waals surface area contributed by atoms with Gasteiger partial charge in [0.15, 0.2) is 10.8 Å². The van der Waals surface area contributed by atoms with E-state index in [1.54, 1.807) is 26.0 Å². The van der Waals surface area contributed by atoms with Crippen LogP contribution in [0.3, 0.4) is 0 Å². The van der Waals surface area contributed by atoms with Gasteiger partial charge in [0.05, 0.1) is 5.69 Å². The summed E-state index contributed by atoms with van der Waals surface area (Å²) >= 11 is 0. The Labute approximate surface area is 115 Å². The van der Waals surface area contributed by atoms with Crippen molar-refractivity contribution >= 4 is 10.0 Å². The van der Waals surface area contributed by atoms with Gasteiger partial charge in [-0.2, -0.15) is 10.4 Å². The molecule has 2 heterocycles. The van der Waals surface area contributed by atoms with Crippen LogP contribution in [0.5, 0.6) is 0 Å². The first-order valence-corrected chi connectivity index (χ1v) is 7.14. The molecule has 0 saturated heterocycles. The highest BCUT2D eigenvalue weighted by atomic mass is 32.2. The molecule has 0 aliphatic heterocycles. The predicted octanol–water partition coefficient (Wildman–Crippen LogP) is 0.107. The summed E-state index contributed by atoms with van der Waals surface area (Å²) in [5, 5.41) is 17.9. The Morgan fingerprint density at radius 2 is 1.95 bits per heavy atom. The van der Waals surface area contributed by atoms with Crippen molar-refractivity contribution < 1.29 is 8.42 Å². The summed E-state index contributed by atoms with van der Waals surface area (Å²) in [5.74, 6) is 0.718. The summed E-state index contributed by atoms with van der Waals surface area (Å²) in [6.07, 6.45) is 0. The van der Waals surface area contributed by atoms with E-state index in [9.17, 15) is 8.42 Å². The molecule has 0 aromatic carbocycles. The van der Waals surface area contributed by atoms with Crippen molar-refractivity contribution in [3.8, 4) is 11.9 Å². The van der Waals surface area contributed by atoms with Crippen LogP contribution < -0.4 is 5.14 Å². The molecule has 0 bridgehead atoms. The Morgan fingerprint density at radius 3 is 2.45 bits per heavy atom. The lowest BCUT2D eigenvalue weighted by molar-refractivity contribution is 0.585. The molecule has 0 fully saturated rings. The average molecular weight is 292 g/mol. The van der Waals surface area contributed by atoms with E-state index in [1.165, 1.54) is 6.92 Å². The fourth-order valence-corrected chi connectivity index (χ4v) is 2.71. The number of hydrogen-bond donors (Lipinski definition) is 1. The highest BCUT2D eigenvalue weighted by Crippen LogP contribution is 2.20. The quantitative estimate of drug-likeness (QED) is 0.836. The van der Waals surface area contributed by atoms with Crippen molar-refractivity contribution in [1.29, 1.82) is 5.26 Å². The summed E-state index contributed by atoms with van der Waals surface area (Å²) in [6.45, 7) is 4.95. The maximum Gasteiger partial charge on any atom is 0.257 e. The number of hydrogen-bond acceptors (Lipinski definition) is 6. The molecule has 0 unspecified atom stereocenters. The van der Waals surface area contributed by atoms with Gasteiger partial charge < -0.3 is 0 Å². The van der Waals surface area contributed by atoms with Gasteiger partial charge in [-0.25, -0.2) is 28.2 Å². The number of nitrogens with two attached hydrogens (primary N) is 1. The minimum absolute atomic E-state index is 0.0820. The second-order valence-corrected chi connectivity index (χ2v) is 5.73. The highest BCUT2D eigenvalue weighted by molar-refractivity contribution is 7.89. The summed E-state index contributed by atoms with van der Waals surface area (Å²) in [6, 6.07) is 3.37. The van der Waals surface area contributed by atoms with Gasteiger partial charge in [0.25, 0.3) is 10.0 Å². The van der Waals surface area contributed by atoms with Crippen LogP contribution in [0.4, 0.5) is 0 Å². The van der Waals surface area contributed by atoms with Crippen molar-refractivity contribution in [3.05, 3.63) is 28.8 Å². The first-order chi connectivity index (χ1) is 9.24. The predicted molar refractivity (Wildman–Crippen MR) is 69.5 cm³/mol. The molecule has 20 heavy (non-hydrogen) atoms. The number of sulfonamides is 1. The first kappa shape index (κ1) is 14.1. The van der Waals surface area contributed by atoms with Crippen molar-refractivity contribution in [1.82, 2.24) is 19.7 Å². The van der Waals surface area contributed by atoms with Gasteiger partial charge in [-0.3, -0.25) is 0 Å². The number of nitrogens with zero attached hydrogens (tertiary/aromatic N) is 5. The van der Waals surface area contributed by atoms with Crippen LogP contribution in [0.1, 0.15) is 22.8 Å². The molecule has 2 N–H and O–H groups in total. The van der Waals surface area contributed by atoms with Gasteiger partial charge in [-0.1, -0.05) is 0 Å². The van der Waals surface area contributed by atoms with Crippen LogP contribution in [0.2, 0.25) is 0 Å². The molecule has 2 aromatic rings. The molecule has 0 radical (unpaired) electrons. The number of primary sulfonamides is 1. The molecule has 2 rings (SSSR count). The van der Waals surface area contributed by atoms with E-state index in [2.05, 4.69) is 15.1 Å². The maximum absolute atomic E-state index is 11.7. The molecule has 9 heteroatoms. The van der Waals surface area contributed by atoms with E-state index in [0.29, 0.717) is 11.5 Å². The Kier molecular flexibility index (Phi) is 3.29. The number of nitriles is 1. The summed E-state index contributed by atoms with van der Waals surface area (Å²) in [7, 11) is -4.11. The van der Waals surface area contributed by atoms with Crippen LogP contribution in [-0.4, -0.2) is 28.2 Å². The minimum atomic E-state index is -4.11. The number of aromatic nitrogens is 4. The smallest absolute Gasteiger partial charge is 0.238 e. The lowest BCUT2D eigenvalue weighted by atomic mass is 10.3. The zero-order valence-electron chi connectivity index (χ0n) is 11.1. The Balaban J connectivity index is 2.85. The fourth-order valence-electron chi connectivity index (χ4n) is 1.86. The van der Waals surface area contributed by atoms with Gasteiger partial charge in [0.1, 0.15) is 17.5 Å². The van der Waals surface area contributed by atoms with Crippen LogP contribution in [-0.2, 0) is 10.0 Å². The highest BCUT2D eigenvalue weighted by Gasteiger charge is 2.26. The van der Waals surface area contributed by atoms with Gasteiger partial charge in [-0.15, -0.1) is 0 Å². The molecular weight excluding hydrogens is 280 g/mol. The third kappa shape index (κ3) is 2.38. The van der Waals surface area contributed by atoms with Crippen LogP contribution in [0, 0.1) is 32.1 Å². The molecule has 0 aliphatic rings. The monoisotopic (exact) mass is 292 g/mol. The van der Waals surface area contributed by atoms with Crippen molar-refractivity contribution in [2.75, 3.05) is 0 Å². The third-order valence-electron chi connectivity index (χ3n) is 2.57. The zero-order chi connectivity index (χ0) is 15.1. The molecule has 0 saturated carbocycles. The van der Waals surface area contributed by atoms with Gasteiger partial charge in [0.2, 0.25) is 0 Å². The van der Waals surface area contributed by atoms with Crippen LogP contribution >= 0.6 is 0 Å². The van der Waals surface area contributed by atoms with E-state index in [4.69, 9.17) is 10.4 Å². The van der Waals surface area contributed by atoms with Crippen LogP contribution in [0.25, 0.3) is 5.82 Å². The maximum atomic E-state index is 11.7. The van der Waals surface area contributed by atoms with Gasteiger partial charge in [-0.05, 0) is 20.8 Å². The minimum Gasteiger partial charge on any atom is -0.238 e. The van der Waals surface area contributed by atoms with E-state index < -0.39 is 10.0 Å². The third-order valence-corrected chi connectivity index (χ3v) is 3.48. The fraction of sp³-hybridized carbons (Fsp3) is 0.273. The first-order valence-electron chi connectivity index (χ1n) is 5.59. The molecule has 0 atom stereocenters. The van der Waals surface area contributed by atoms with E-state index in [-0.39, 0.29) is 22.1 Å². The summed E-state index contributed by atoms with van der Waals surface area (Å²) < 4.78 is 24.5. The largest absolute Gasteiger partial charge is 0.257 e. The lowest BCUT2D eigenvalue weighted by Gasteiger charge is -2.06. The van der Waals surface area contributed by atoms with Crippen molar-refractivity contribution in [3.63, 3.8) is 0 Å². The number of rotatable bonds is 2. The zero-order valence-corrected chi connectivity index (χ0v) is 11.9. The molecule has 104 valence electrons. The molecular formula is C11H12N6O2S. The Bertz CT molecular complexity index is 811. The standard InChI is InChI=1S/C11H12N6O2S/c1-6-4-10(15-8(3)14-6)17-11(20(13,18)19)9(5-12)7(2)16-17/h4H,1-3H3,(H2,13,18,19). The van der Waals surface area contributed by atoms with Crippen LogP contribution in [0.15, 0.2) is 11.1 Å².